The van der Waals surface area contributed by atoms with Crippen molar-refractivity contribution >= 4 is 0 Å². The summed E-state index contributed by atoms with van der Waals surface area (Å²) < 4.78 is 5.56. The van der Waals surface area contributed by atoms with Gasteiger partial charge in [0.2, 0.25) is 0 Å². The van der Waals surface area contributed by atoms with Crippen molar-refractivity contribution in [3.05, 3.63) is 29.8 Å². The van der Waals surface area contributed by atoms with E-state index in [9.17, 15) is 5.11 Å². The molecule has 88 valence electrons. The number of hydrogen-bond acceptors (Lipinski definition) is 3. The first kappa shape index (κ1) is 11.4. The van der Waals surface area contributed by atoms with Gasteiger partial charge in [0.05, 0.1) is 0 Å². The molecule has 0 heterocycles. The van der Waals surface area contributed by atoms with Gasteiger partial charge in [0, 0.05) is 12.6 Å². The van der Waals surface area contributed by atoms with Gasteiger partial charge in [-0.15, -0.1) is 0 Å². The molecular weight excluding hydrogens is 202 g/mol. The second kappa shape index (κ2) is 5.32. The van der Waals surface area contributed by atoms with E-state index >= 15 is 0 Å². The van der Waals surface area contributed by atoms with Crippen molar-refractivity contribution in [1.29, 1.82) is 0 Å². The summed E-state index contributed by atoms with van der Waals surface area (Å²) in [4.78, 5) is 0. The lowest BCUT2D eigenvalue weighted by Gasteiger charge is -2.14. The molecule has 1 aromatic carbocycles. The maximum absolute atomic E-state index is 9.69. The molecule has 0 radical (unpaired) electrons. The molecule has 1 atom stereocenters. The molecule has 0 amide bonds. The summed E-state index contributed by atoms with van der Waals surface area (Å²) in [5, 5.41) is 13.0. The minimum absolute atomic E-state index is 0.352. The van der Waals surface area contributed by atoms with E-state index in [2.05, 4.69) is 5.32 Å². The molecule has 0 spiro atoms. The Morgan fingerprint density at radius 1 is 1.44 bits per heavy atom. The second-order valence-electron chi connectivity index (χ2n) is 4.41. The summed E-state index contributed by atoms with van der Waals surface area (Å²) in [6.07, 6.45) is 2.05. The van der Waals surface area contributed by atoms with Crippen molar-refractivity contribution in [3.63, 3.8) is 0 Å². The zero-order valence-corrected chi connectivity index (χ0v) is 9.65. The van der Waals surface area contributed by atoms with Crippen LogP contribution in [0, 0.1) is 6.92 Å². The standard InChI is InChI=1S/C13H19NO2/c1-10-4-2-3-5-13(10)16-9-12(15)8-14-11-6-7-11/h2-5,11-12,14-15H,6-9H2,1H3. The first-order chi connectivity index (χ1) is 7.75. The van der Waals surface area contributed by atoms with Crippen LogP contribution < -0.4 is 10.1 Å². The van der Waals surface area contributed by atoms with Crippen LogP contribution in [0.1, 0.15) is 18.4 Å². The molecule has 0 bridgehead atoms. The summed E-state index contributed by atoms with van der Waals surface area (Å²) >= 11 is 0. The molecular formula is C13H19NO2. The van der Waals surface area contributed by atoms with Crippen LogP contribution >= 0.6 is 0 Å². The molecule has 0 saturated heterocycles. The van der Waals surface area contributed by atoms with Gasteiger partial charge in [-0.25, -0.2) is 0 Å². The van der Waals surface area contributed by atoms with E-state index in [1.165, 1.54) is 12.8 Å². The lowest BCUT2D eigenvalue weighted by atomic mass is 10.2. The average molecular weight is 221 g/mol. The topological polar surface area (TPSA) is 41.5 Å². The van der Waals surface area contributed by atoms with Crippen molar-refractivity contribution in [2.45, 2.75) is 31.9 Å². The number of ether oxygens (including phenoxy) is 1. The third-order valence-electron chi connectivity index (χ3n) is 2.74. The van der Waals surface area contributed by atoms with Crippen LogP contribution in [-0.4, -0.2) is 30.4 Å². The summed E-state index contributed by atoms with van der Waals surface area (Å²) in [6, 6.07) is 8.48. The summed E-state index contributed by atoms with van der Waals surface area (Å²) in [7, 11) is 0. The molecule has 1 saturated carbocycles. The lowest BCUT2D eigenvalue weighted by Crippen LogP contribution is -2.32. The molecule has 1 aliphatic rings. The predicted octanol–water partition coefficient (Wildman–Crippen LogP) is 1.49. The van der Waals surface area contributed by atoms with Crippen molar-refractivity contribution in [3.8, 4) is 5.75 Å². The first-order valence-electron chi connectivity index (χ1n) is 5.85. The number of aliphatic hydroxyl groups is 1. The highest BCUT2D eigenvalue weighted by atomic mass is 16.5. The molecule has 1 aromatic rings. The fraction of sp³-hybridized carbons (Fsp3) is 0.538. The summed E-state index contributed by atoms with van der Waals surface area (Å²) in [6.45, 7) is 2.98. The molecule has 0 aromatic heterocycles. The third kappa shape index (κ3) is 3.51. The molecule has 2 N–H and O–H groups in total. The van der Waals surface area contributed by atoms with E-state index in [1.54, 1.807) is 0 Å². The smallest absolute Gasteiger partial charge is 0.122 e. The third-order valence-corrected chi connectivity index (χ3v) is 2.74. The molecule has 1 fully saturated rings. The normalized spacial score (nSPS) is 17.1. The Morgan fingerprint density at radius 2 is 2.19 bits per heavy atom. The maximum Gasteiger partial charge on any atom is 0.122 e. The van der Waals surface area contributed by atoms with Gasteiger partial charge < -0.3 is 15.2 Å². The Bertz CT molecular complexity index is 336. The first-order valence-corrected chi connectivity index (χ1v) is 5.85. The van der Waals surface area contributed by atoms with E-state index in [1.807, 2.05) is 31.2 Å². The fourth-order valence-electron chi connectivity index (χ4n) is 1.55. The average Bonchev–Trinajstić information content (AvgIpc) is 3.09. The Hall–Kier alpha value is -1.06. The van der Waals surface area contributed by atoms with Crippen molar-refractivity contribution in [2.75, 3.05) is 13.2 Å². The summed E-state index contributed by atoms with van der Waals surface area (Å²) in [5.41, 5.74) is 1.10. The molecule has 0 aliphatic heterocycles. The molecule has 1 aliphatic carbocycles. The quantitative estimate of drug-likeness (QED) is 0.764. The fourth-order valence-corrected chi connectivity index (χ4v) is 1.55. The Morgan fingerprint density at radius 3 is 2.88 bits per heavy atom. The van der Waals surface area contributed by atoms with Gasteiger partial charge in [0.1, 0.15) is 18.5 Å². The molecule has 3 nitrogen and oxygen atoms in total. The number of hydrogen-bond donors (Lipinski definition) is 2. The van der Waals surface area contributed by atoms with E-state index in [0.717, 1.165) is 11.3 Å². The van der Waals surface area contributed by atoms with Crippen LogP contribution in [0.5, 0.6) is 5.75 Å². The Balaban J connectivity index is 1.71. The zero-order chi connectivity index (χ0) is 11.4. The molecule has 16 heavy (non-hydrogen) atoms. The van der Waals surface area contributed by atoms with Crippen LogP contribution in [0.25, 0.3) is 0 Å². The maximum atomic E-state index is 9.69. The van der Waals surface area contributed by atoms with Crippen molar-refractivity contribution in [1.82, 2.24) is 5.32 Å². The number of benzene rings is 1. The number of aliphatic hydroxyl groups excluding tert-OH is 1. The Kier molecular flexibility index (Phi) is 3.80. The monoisotopic (exact) mass is 221 g/mol. The second-order valence-corrected chi connectivity index (χ2v) is 4.41. The van der Waals surface area contributed by atoms with Crippen molar-refractivity contribution < 1.29 is 9.84 Å². The van der Waals surface area contributed by atoms with Crippen LogP contribution in [0.15, 0.2) is 24.3 Å². The van der Waals surface area contributed by atoms with Gasteiger partial charge >= 0.3 is 0 Å². The number of aryl methyl sites for hydroxylation is 1. The predicted molar refractivity (Wildman–Crippen MR) is 63.7 cm³/mol. The van der Waals surface area contributed by atoms with Gasteiger partial charge in [-0.05, 0) is 31.4 Å². The highest BCUT2D eigenvalue weighted by molar-refractivity contribution is 5.31. The minimum Gasteiger partial charge on any atom is -0.491 e. The van der Waals surface area contributed by atoms with E-state index in [-0.39, 0.29) is 0 Å². The van der Waals surface area contributed by atoms with Crippen molar-refractivity contribution in [2.24, 2.45) is 0 Å². The van der Waals surface area contributed by atoms with E-state index < -0.39 is 6.10 Å². The van der Waals surface area contributed by atoms with Gasteiger partial charge in [0.25, 0.3) is 0 Å². The van der Waals surface area contributed by atoms with Gasteiger partial charge in [-0.3, -0.25) is 0 Å². The van der Waals surface area contributed by atoms with Crippen LogP contribution in [0.2, 0.25) is 0 Å². The highest BCUT2D eigenvalue weighted by Gasteiger charge is 2.21. The number of para-hydroxylation sites is 1. The SMILES string of the molecule is Cc1ccccc1OCC(O)CNC1CC1. The molecule has 3 heteroatoms. The molecule has 1 unspecified atom stereocenters. The van der Waals surface area contributed by atoms with Gasteiger partial charge in [-0.1, -0.05) is 18.2 Å². The van der Waals surface area contributed by atoms with E-state index in [4.69, 9.17) is 4.74 Å². The number of rotatable bonds is 6. The number of nitrogens with one attached hydrogen (secondary N) is 1. The van der Waals surface area contributed by atoms with Crippen LogP contribution in [0.4, 0.5) is 0 Å². The van der Waals surface area contributed by atoms with E-state index in [0.29, 0.717) is 19.2 Å². The Labute approximate surface area is 96.4 Å². The van der Waals surface area contributed by atoms with Gasteiger partial charge in [0.15, 0.2) is 0 Å². The largest absolute Gasteiger partial charge is 0.491 e. The molecule has 2 rings (SSSR count). The van der Waals surface area contributed by atoms with Gasteiger partial charge in [-0.2, -0.15) is 0 Å². The lowest BCUT2D eigenvalue weighted by molar-refractivity contribution is 0.106. The van der Waals surface area contributed by atoms with Crippen LogP contribution in [0.3, 0.4) is 0 Å². The highest BCUT2D eigenvalue weighted by Crippen LogP contribution is 2.19. The van der Waals surface area contributed by atoms with Crippen LogP contribution in [-0.2, 0) is 0 Å². The summed E-state index contributed by atoms with van der Waals surface area (Å²) in [5.74, 6) is 0.855. The zero-order valence-electron chi connectivity index (χ0n) is 9.65. The minimum atomic E-state index is -0.430.